The van der Waals surface area contributed by atoms with E-state index in [1.807, 2.05) is 13.0 Å². The molecule has 7 nitrogen and oxygen atoms in total. The highest BCUT2D eigenvalue weighted by molar-refractivity contribution is 6.32. The van der Waals surface area contributed by atoms with Gasteiger partial charge in [0.2, 0.25) is 0 Å². The fourth-order valence-electron chi connectivity index (χ4n) is 2.46. The molecule has 0 amide bonds. The van der Waals surface area contributed by atoms with Gasteiger partial charge in [-0.15, -0.1) is 0 Å². The van der Waals surface area contributed by atoms with Gasteiger partial charge in [-0.05, 0) is 6.92 Å². The fourth-order valence-corrected chi connectivity index (χ4v) is 2.67. The molecule has 1 N–H and O–H groups in total. The van der Waals surface area contributed by atoms with Crippen molar-refractivity contribution >= 4 is 17.3 Å². The number of hydrogen-bond acceptors (Lipinski definition) is 6. The highest BCUT2D eigenvalue weighted by Crippen LogP contribution is 2.22. The topological polar surface area (TPSA) is 78.3 Å². The monoisotopic (exact) mass is 309 g/mol. The zero-order valence-electron chi connectivity index (χ0n) is 11.7. The molecule has 0 radical (unpaired) electrons. The molecule has 0 saturated carbocycles. The normalized spacial score (nSPS) is 16.4. The van der Waals surface area contributed by atoms with Crippen LogP contribution >= 0.6 is 11.6 Å². The van der Waals surface area contributed by atoms with Crippen molar-refractivity contribution in [2.75, 3.05) is 31.1 Å². The summed E-state index contributed by atoms with van der Waals surface area (Å²) in [6, 6.07) is 1.95. The van der Waals surface area contributed by atoms with E-state index in [1.165, 1.54) is 0 Å². The summed E-state index contributed by atoms with van der Waals surface area (Å²) in [6.07, 6.45) is 1.60. The molecule has 2 aromatic rings. The maximum atomic E-state index is 11.5. The molecule has 3 rings (SSSR count). The van der Waals surface area contributed by atoms with Crippen LogP contribution in [0, 0.1) is 6.92 Å². The van der Waals surface area contributed by atoms with E-state index >= 15 is 0 Å². The molecule has 0 spiro atoms. The van der Waals surface area contributed by atoms with Crippen LogP contribution in [-0.2, 0) is 6.54 Å². The number of H-pyrrole nitrogens is 1. The number of anilines is 1. The van der Waals surface area contributed by atoms with Gasteiger partial charge < -0.3 is 9.42 Å². The Bertz CT molecular complexity index is 675. The van der Waals surface area contributed by atoms with Crippen LogP contribution in [0.2, 0.25) is 5.02 Å². The maximum absolute atomic E-state index is 11.5. The summed E-state index contributed by atoms with van der Waals surface area (Å²) in [6.45, 7) is 5.98. The number of halogens is 1. The number of aryl methyl sites for hydroxylation is 1. The molecular weight excluding hydrogens is 294 g/mol. The first-order valence-electron chi connectivity index (χ1n) is 6.76. The minimum atomic E-state index is -0.352. The lowest BCUT2D eigenvalue weighted by molar-refractivity contribution is 0.241. The Kier molecular flexibility index (Phi) is 3.94. The van der Waals surface area contributed by atoms with E-state index in [-0.39, 0.29) is 10.6 Å². The van der Waals surface area contributed by atoms with E-state index in [4.69, 9.17) is 16.1 Å². The number of piperazine rings is 1. The molecule has 1 aliphatic rings. The van der Waals surface area contributed by atoms with Crippen molar-refractivity contribution in [2.24, 2.45) is 0 Å². The van der Waals surface area contributed by atoms with Gasteiger partial charge in [-0.2, -0.15) is 5.10 Å². The average Bonchev–Trinajstić information content (AvgIpc) is 2.88. The summed E-state index contributed by atoms with van der Waals surface area (Å²) in [5, 5.41) is 10.3. The van der Waals surface area contributed by atoms with Crippen LogP contribution in [0.5, 0.6) is 0 Å². The van der Waals surface area contributed by atoms with E-state index < -0.39 is 0 Å². The van der Waals surface area contributed by atoms with Crippen LogP contribution in [0.3, 0.4) is 0 Å². The molecule has 1 fully saturated rings. The Labute approximate surface area is 126 Å². The van der Waals surface area contributed by atoms with Crippen molar-refractivity contribution in [2.45, 2.75) is 13.5 Å². The van der Waals surface area contributed by atoms with Gasteiger partial charge in [0, 0.05) is 38.8 Å². The summed E-state index contributed by atoms with van der Waals surface area (Å²) in [5.74, 6) is 0.824. The molecule has 3 heterocycles. The Balaban J connectivity index is 1.62. The largest absolute Gasteiger partial charge is 0.366 e. The number of nitrogens with one attached hydrogen (secondary N) is 1. The van der Waals surface area contributed by atoms with E-state index in [0.717, 1.165) is 44.2 Å². The molecule has 2 aromatic heterocycles. The molecule has 8 heteroatoms. The van der Waals surface area contributed by atoms with Crippen molar-refractivity contribution in [3.05, 3.63) is 39.1 Å². The molecule has 0 unspecified atom stereocenters. The summed E-state index contributed by atoms with van der Waals surface area (Å²) in [4.78, 5) is 15.9. The Morgan fingerprint density at radius 3 is 2.81 bits per heavy atom. The fraction of sp³-hybridized carbons (Fsp3) is 0.462. The van der Waals surface area contributed by atoms with Crippen molar-refractivity contribution < 1.29 is 4.52 Å². The van der Waals surface area contributed by atoms with Gasteiger partial charge in [0.1, 0.15) is 10.8 Å². The molecule has 1 aliphatic heterocycles. The summed E-state index contributed by atoms with van der Waals surface area (Å²) >= 11 is 6.03. The summed E-state index contributed by atoms with van der Waals surface area (Å²) in [5.41, 5.74) is 1.28. The van der Waals surface area contributed by atoms with Crippen LogP contribution in [0.4, 0.5) is 5.69 Å². The van der Waals surface area contributed by atoms with Crippen molar-refractivity contribution in [3.63, 3.8) is 0 Å². The second-order valence-electron chi connectivity index (χ2n) is 5.09. The quantitative estimate of drug-likeness (QED) is 0.913. The first-order valence-corrected chi connectivity index (χ1v) is 7.14. The summed E-state index contributed by atoms with van der Waals surface area (Å²) < 4.78 is 5.07. The molecule has 0 atom stereocenters. The Morgan fingerprint density at radius 1 is 1.38 bits per heavy atom. The number of rotatable bonds is 3. The second kappa shape index (κ2) is 5.87. The van der Waals surface area contributed by atoms with Gasteiger partial charge in [-0.3, -0.25) is 9.69 Å². The van der Waals surface area contributed by atoms with Gasteiger partial charge in [0.15, 0.2) is 0 Å². The van der Waals surface area contributed by atoms with Crippen LogP contribution in [0.25, 0.3) is 0 Å². The minimum absolute atomic E-state index is 0.200. The number of aromatic nitrogens is 3. The zero-order chi connectivity index (χ0) is 14.8. The molecule has 0 aliphatic carbocycles. The predicted octanol–water partition coefficient (Wildman–Crippen LogP) is 1.04. The molecule has 0 aromatic carbocycles. The first kappa shape index (κ1) is 14.1. The SMILES string of the molecule is Cc1cc(CN2CCN(c3cn[nH]c(=O)c3Cl)CC2)no1. The van der Waals surface area contributed by atoms with Crippen molar-refractivity contribution in [3.8, 4) is 0 Å². The standard InChI is InChI=1S/C13H16ClN5O2/c1-9-6-10(17-21-9)8-18-2-4-19(5-3-18)11-7-15-16-13(20)12(11)14/h6-7H,2-5,8H2,1H3,(H,16,20). The predicted molar refractivity (Wildman–Crippen MR) is 78.6 cm³/mol. The third-order valence-corrected chi connectivity index (χ3v) is 3.92. The van der Waals surface area contributed by atoms with Gasteiger partial charge in [-0.1, -0.05) is 16.8 Å². The first-order chi connectivity index (χ1) is 10.1. The number of hydrogen-bond donors (Lipinski definition) is 1. The van der Waals surface area contributed by atoms with Crippen molar-refractivity contribution in [1.29, 1.82) is 0 Å². The van der Waals surface area contributed by atoms with Crippen LogP contribution in [0.15, 0.2) is 21.6 Å². The van der Waals surface area contributed by atoms with Crippen LogP contribution in [-0.4, -0.2) is 46.4 Å². The highest BCUT2D eigenvalue weighted by Gasteiger charge is 2.21. The van der Waals surface area contributed by atoms with Crippen LogP contribution in [0.1, 0.15) is 11.5 Å². The van der Waals surface area contributed by atoms with E-state index in [2.05, 4.69) is 25.2 Å². The summed E-state index contributed by atoms with van der Waals surface area (Å²) in [7, 11) is 0. The van der Waals surface area contributed by atoms with Gasteiger partial charge in [-0.25, -0.2) is 5.10 Å². The molecule has 21 heavy (non-hydrogen) atoms. The van der Waals surface area contributed by atoms with Gasteiger partial charge in [0.05, 0.1) is 17.6 Å². The molecule has 1 saturated heterocycles. The Morgan fingerprint density at radius 2 is 2.14 bits per heavy atom. The van der Waals surface area contributed by atoms with Crippen LogP contribution < -0.4 is 10.5 Å². The molecule has 112 valence electrons. The third kappa shape index (κ3) is 3.08. The van der Waals surface area contributed by atoms with E-state index in [9.17, 15) is 4.79 Å². The number of aromatic amines is 1. The maximum Gasteiger partial charge on any atom is 0.285 e. The Hall–Kier alpha value is -1.86. The lowest BCUT2D eigenvalue weighted by Crippen LogP contribution is -2.46. The minimum Gasteiger partial charge on any atom is -0.366 e. The molecular formula is C13H16ClN5O2. The number of nitrogens with zero attached hydrogens (tertiary/aromatic N) is 4. The van der Waals surface area contributed by atoms with Gasteiger partial charge >= 0.3 is 0 Å². The average molecular weight is 310 g/mol. The lowest BCUT2D eigenvalue weighted by atomic mass is 10.2. The smallest absolute Gasteiger partial charge is 0.285 e. The van der Waals surface area contributed by atoms with Crippen molar-refractivity contribution in [1.82, 2.24) is 20.3 Å². The van der Waals surface area contributed by atoms with E-state index in [0.29, 0.717) is 5.69 Å². The third-order valence-electron chi connectivity index (χ3n) is 3.55. The van der Waals surface area contributed by atoms with Gasteiger partial charge in [0.25, 0.3) is 5.56 Å². The molecule has 0 bridgehead atoms. The van der Waals surface area contributed by atoms with E-state index in [1.54, 1.807) is 6.20 Å². The zero-order valence-corrected chi connectivity index (χ0v) is 12.4. The highest BCUT2D eigenvalue weighted by atomic mass is 35.5. The second-order valence-corrected chi connectivity index (χ2v) is 5.47. The lowest BCUT2D eigenvalue weighted by Gasteiger charge is -2.35.